The number of likely N-dealkylation sites (N-methyl/N-ethyl adjacent to an activating group) is 1. The summed E-state index contributed by atoms with van der Waals surface area (Å²) >= 11 is 0. The van der Waals surface area contributed by atoms with E-state index in [9.17, 15) is 4.79 Å². The van der Waals surface area contributed by atoms with E-state index >= 15 is 0 Å². The third-order valence-corrected chi connectivity index (χ3v) is 3.55. The maximum Gasteiger partial charge on any atom is 0.325 e. The van der Waals surface area contributed by atoms with Gasteiger partial charge in [-0.05, 0) is 13.0 Å². The Labute approximate surface area is 102 Å². The fraction of sp³-hybridized carbons (Fsp3) is 0.500. The van der Waals surface area contributed by atoms with Gasteiger partial charge in [0.25, 0.3) is 0 Å². The predicted molar refractivity (Wildman–Crippen MR) is 66.3 cm³/mol. The first-order valence-electron chi connectivity index (χ1n) is 6.12. The molecule has 2 rings (SSSR count). The van der Waals surface area contributed by atoms with Gasteiger partial charge in [0, 0.05) is 5.56 Å². The fourth-order valence-electron chi connectivity index (χ4n) is 2.35. The summed E-state index contributed by atoms with van der Waals surface area (Å²) in [5, 5.41) is 0. The van der Waals surface area contributed by atoms with Crippen LogP contribution in [0.1, 0.15) is 32.1 Å². The molecule has 1 aliphatic heterocycles. The van der Waals surface area contributed by atoms with Crippen LogP contribution in [0.4, 0.5) is 0 Å². The molecule has 3 heteroatoms. The molecular weight excluding hydrogens is 214 g/mol. The molecule has 1 heterocycles. The highest BCUT2D eigenvalue weighted by molar-refractivity contribution is 5.78. The van der Waals surface area contributed by atoms with E-state index in [0.717, 1.165) is 12.0 Å². The number of hydrogen-bond donors (Lipinski definition) is 0. The molecule has 0 amide bonds. The van der Waals surface area contributed by atoms with Gasteiger partial charge in [-0.15, -0.1) is 0 Å². The van der Waals surface area contributed by atoms with Gasteiger partial charge >= 0.3 is 5.97 Å². The van der Waals surface area contributed by atoms with Crippen LogP contribution in [0.15, 0.2) is 30.3 Å². The smallest absolute Gasteiger partial charge is 0.325 e. The number of hydrogen-bond acceptors (Lipinski definition) is 3. The van der Waals surface area contributed by atoms with Crippen LogP contribution in [0.25, 0.3) is 0 Å². The van der Waals surface area contributed by atoms with Crippen molar-refractivity contribution in [2.75, 3.05) is 7.05 Å². The number of carbonyl (C=O) groups is 1. The molecular formula is C14H19NO2. The van der Waals surface area contributed by atoms with Crippen molar-refractivity contribution in [1.82, 2.24) is 4.90 Å². The molecule has 1 aromatic rings. The van der Waals surface area contributed by atoms with Crippen LogP contribution in [0.5, 0.6) is 0 Å². The zero-order valence-corrected chi connectivity index (χ0v) is 10.6. The maximum atomic E-state index is 11.9. The maximum absolute atomic E-state index is 11.9. The summed E-state index contributed by atoms with van der Waals surface area (Å²) in [5.74, 6) is 0.219. The van der Waals surface area contributed by atoms with Gasteiger partial charge in [-0.3, -0.25) is 9.69 Å². The van der Waals surface area contributed by atoms with Crippen LogP contribution in [0, 0.1) is 5.92 Å². The number of cyclic esters (lactones) is 1. The average molecular weight is 233 g/mol. The molecule has 1 aliphatic rings. The van der Waals surface area contributed by atoms with Crippen LogP contribution in [0.3, 0.4) is 0 Å². The van der Waals surface area contributed by atoms with Crippen molar-refractivity contribution in [3.05, 3.63) is 35.9 Å². The number of ether oxygens (including phenoxy) is 1. The Morgan fingerprint density at radius 2 is 2.00 bits per heavy atom. The molecule has 92 valence electrons. The topological polar surface area (TPSA) is 29.5 Å². The molecule has 0 aliphatic carbocycles. The standard InChI is InChI=1S/C14H19NO2/c1-4-10(2)12-14(16)17-13(15(12)3)11-8-6-5-7-9-11/h5-10,12-13H,4H2,1-3H3/t10?,12-,13?/m0/s1. The molecule has 1 fully saturated rings. The van der Waals surface area contributed by atoms with Crippen LogP contribution in [-0.2, 0) is 9.53 Å². The van der Waals surface area contributed by atoms with E-state index in [0.29, 0.717) is 5.92 Å². The number of esters is 1. The lowest BCUT2D eigenvalue weighted by Crippen LogP contribution is -2.36. The van der Waals surface area contributed by atoms with E-state index in [1.165, 1.54) is 0 Å². The van der Waals surface area contributed by atoms with Gasteiger partial charge < -0.3 is 4.74 Å². The minimum atomic E-state index is -0.234. The second-order valence-corrected chi connectivity index (χ2v) is 4.70. The lowest BCUT2D eigenvalue weighted by molar-refractivity contribution is -0.143. The molecule has 3 nitrogen and oxygen atoms in total. The second-order valence-electron chi connectivity index (χ2n) is 4.70. The van der Waals surface area contributed by atoms with Gasteiger partial charge in [0.1, 0.15) is 6.04 Å². The minimum Gasteiger partial charge on any atom is -0.441 e. The van der Waals surface area contributed by atoms with Crippen molar-refractivity contribution in [3.63, 3.8) is 0 Å². The van der Waals surface area contributed by atoms with Crippen molar-refractivity contribution >= 4 is 5.97 Å². The number of nitrogens with zero attached hydrogens (tertiary/aromatic N) is 1. The summed E-state index contributed by atoms with van der Waals surface area (Å²) in [6.07, 6.45) is 0.744. The van der Waals surface area contributed by atoms with Crippen LogP contribution in [-0.4, -0.2) is 24.0 Å². The van der Waals surface area contributed by atoms with E-state index in [-0.39, 0.29) is 18.2 Å². The minimum absolute atomic E-state index is 0.101. The van der Waals surface area contributed by atoms with Crippen LogP contribution in [0.2, 0.25) is 0 Å². The lowest BCUT2D eigenvalue weighted by Gasteiger charge is -2.24. The van der Waals surface area contributed by atoms with Gasteiger partial charge in [-0.2, -0.15) is 0 Å². The summed E-state index contributed by atoms with van der Waals surface area (Å²) < 4.78 is 5.48. The Morgan fingerprint density at radius 1 is 1.35 bits per heavy atom. The Kier molecular flexibility index (Phi) is 3.48. The Balaban J connectivity index is 2.21. The highest BCUT2D eigenvalue weighted by atomic mass is 16.6. The van der Waals surface area contributed by atoms with E-state index in [4.69, 9.17) is 4.74 Å². The summed E-state index contributed by atoms with van der Waals surface area (Å²) in [4.78, 5) is 13.9. The zero-order chi connectivity index (χ0) is 12.4. The first-order valence-corrected chi connectivity index (χ1v) is 6.12. The van der Waals surface area contributed by atoms with E-state index < -0.39 is 0 Å². The number of rotatable bonds is 3. The van der Waals surface area contributed by atoms with E-state index in [1.54, 1.807) is 0 Å². The first-order chi connectivity index (χ1) is 8.15. The Morgan fingerprint density at radius 3 is 2.59 bits per heavy atom. The van der Waals surface area contributed by atoms with Crippen molar-refractivity contribution < 1.29 is 9.53 Å². The van der Waals surface area contributed by atoms with Crippen LogP contribution < -0.4 is 0 Å². The molecule has 0 bridgehead atoms. The van der Waals surface area contributed by atoms with Crippen molar-refractivity contribution in [2.24, 2.45) is 5.92 Å². The van der Waals surface area contributed by atoms with Crippen molar-refractivity contribution in [3.8, 4) is 0 Å². The molecule has 0 aromatic heterocycles. The fourth-order valence-corrected chi connectivity index (χ4v) is 2.35. The SMILES string of the molecule is CCC(C)[C@H]1C(=O)OC(c2ccccc2)N1C. The van der Waals surface area contributed by atoms with Crippen molar-refractivity contribution in [1.29, 1.82) is 0 Å². The molecule has 0 radical (unpaired) electrons. The van der Waals surface area contributed by atoms with Gasteiger partial charge in [0.2, 0.25) is 0 Å². The van der Waals surface area contributed by atoms with Gasteiger partial charge in [-0.1, -0.05) is 50.6 Å². The molecule has 2 unspecified atom stereocenters. The van der Waals surface area contributed by atoms with Gasteiger partial charge in [0.15, 0.2) is 6.23 Å². The molecule has 3 atom stereocenters. The highest BCUT2D eigenvalue weighted by Crippen LogP contribution is 2.33. The monoisotopic (exact) mass is 233 g/mol. The van der Waals surface area contributed by atoms with Crippen molar-refractivity contribution in [2.45, 2.75) is 32.5 Å². The van der Waals surface area contributed by atoms with Crippen LogP contribution >= 0.6 is 0 Å². The normalized spacial score (nSPS) is 26.9. The Hall–Kier alpha value is -1.35. The Bertz CT molecular complexity index is 390. The predicted octanol–water partition coefficient (Wildman–Crippen LogP) is 2.59. The molecule has 0 N–H and O–H groups in total. The van der Waals surface area contributed by atoms with E-state index in [1.807, 2.05) is 42.3 Å². The second kappa shape index (κ2) is 4.88. The molecule has 17 heavy (non-hydrogen) atoms. The summed E-state index contributed by atoms with van der Waals surface area (Å²) in [7, 11) is 1.96. The molecule has 1 aromatic carbocycles. The van der Waals surface area contributed by atoms with E-state index in [2.05, 4.69) is 13.8 Å². The number of benzene rings is 1. The summed E-state index contributed by atoms with van der Waals surface area (Å²) in [6.45, 7) is 4.19. The first kappa shape index (κ1) is 12.1. The molecule has 1 saturated heterocycles. The van der Waals surface area contributed by atoms with Gasteiger partial charge in [-0.25, -0.2) is 0 Å². The molecule has 0 saturated carbocycles. The summed E-state index contributed by atoms with van der Waals surface area (Å²) in [5.41, 5.74) is 1.04. The highest BCUT2D eigenvalue weighted by Gasteiger charge is 2.42. The quantitative estimate of drug-likeness (QED) is 0.751. The largest absolute Gasteiger partial charge is 0.441 e. The average Bonchev–Trinajstić information content (AvgIpc) is 2.65. The summed E-state index contributed by atoms with van der Waals surface area (Å²) in [6, 6.07) is 9.76. The third-order valence-electron chi connectivity index (χ3n) is 3.55. The third kappa shape index (κ3) is 2.20. The zero-order valence-electron chi connectivity index (χ0n) is 10.6. The lowest BCUT2D eigenvalue weighted by atomic mass is 9.98. The number of carbonyl (C=O) groups excluding carboxylic acids is 1. The molecule has 0 spiro atoms. The van der Waals surface area contributed by atoms with Gasteiger partial charge in [0.05, 0.1) is 0 Å².